The first-order valence-electron chi connectivity index (χ1n) is 5.38. The van der Waals surface area contributed by atoms with Gasteiger partial charge in [-0.25, -0.2) is 4.79 Å². The fourth-order valence-electron chi connectivity index (χ4n) is 1.70. The summed E-state index contributed by atoms with van der Waals surface area (Å²) in [6.45, 7) is 4.31. The number of rotatable bonds is 4. The van der Waals surface area contributed by atoms with Crippen LogP contribution in [0.15, 0.2) is 33.7 Å². The van der Waals surface area contributed by atoms with Crippen LogP contribution in [0.1, 0.15) is 12.0 Å². The molecule has 1 heterocycles. The fraction of sp³-hybridized carbons (Fsp3) is 0.231. The van der Waals surface area contributed by atoms with E-state index in [0.29, 0.717) is 18.5 Å². The standard InChI is InChI=1S/C13H14NO3/c1-3-7-14-11-5-4-10(6-8-16-2)9-12(11)17-13(14)15/h4-6,8-9H,1,3,7H2,2H3/b8-6+. The zero-order chi connectivity index (χ0) is 12.3. The maximum absolute atomic E-state index is 11.6. The van der Waals surface area contributed by atoms with Crippen LogP contribution in [0.25, 0.3) is 17.2 Å². The Labute approximate surface area is 99.1 Å². The second-order valence-corrected chi connectivity index (χ2v) is 3.64. The van der Waals surface area contributed by atoms with E-state index in [1.807, 2.05) is 18.2 Å². The van der Waals surface area contributed by atoms with Crippen LogP contribution < -0.4 is 5.76 Å². The van der Waals surface area contributed by atoms with Crippen LogP contribution in [0.4, 0.5) is 0 Å². The monoisotopic (exact) mass is 232 g/mol. The molecule has 0 N–H and O–H groups in total. The van der Waals surface area contributed by atoms with Crippen molar-refractivity contribution in [3.05, 3.63) is 47.5 Å². The zero-order valence-corrected chi connectivity index (χ0v) is 9.68. The Kier molecular flexibility index (Phi) is 3.32. The van der Waals surface area contributed by atoms with E-state index in [1.54, 1.807) is 24.0 Å². The molecule has 1 aromatic carbocycles. The van der Waals surface area contributed by atoms with E-state index in [-0.39, 0.29) is 5.76 Å². The van der Waals surface area contributed by atoms with Crippen LogP contribution >= 0.6 is 0 Å². The topological polar surface area (TPSA) is 44.4 Å². The summed E-state index contributed by atoms with van der Waals surface area (Å²) in [4.78, 5) is 11.6. The molecule has 2 rings (SSSR count). The van der Waals surface area contributed by atoms with Crippen LogP contribution in [0.3, 0.4) is 0 Å². The van der Waals surface area contributed by atoms with Crippen molar-refractivity contribution in [2.45, 2.75) is 13.0 Å². The molecule has 0 bridgehead atoms. The zero-order valence-electron chi connectivity index (χ0n) is 9.68. The molecule has 1 aromatic heterocycles. The van der Waals surface area contributed by atoms with Gasteiger partial charge in [0.1, 0.15) is 0 Å². The quantitative estimate of drug-likeness (QED) is 0.760. The van der Waals surface area contributed by atoms with Gasteiger partial charge in [-0.15, -0.1) is 0 Å². The van der Waals surface area contributed by atoms with Crippen molar-refractivity contribution < 1.29 is 9.15 Å². The lowest BCUT2D eigenvalue weighted by Gasteiger charge is -1.98. The summed E-state index contributed by atoms with van der Waals surface area (Å²) in [5.41, 5.74) is 2.31. The number of benzene rings is 1. The summed E-state index contributed by atoms with van der Waals surface area (Å²) in [7, 11) is 1.58. The van der Waals surface area contributed by atoms with Gasteiger partial charge in [-0.2, -0.15) is 0 Å². The third-order valence-corrected chi connectivity index (χ3v) is 2.47. The first-order valence-corrected chi connectivity index (χ1v) is 5.38. The van der Waals surface area contributed by atoms with Gasteiger partial charge < -0.3 is 9.15 Å². The van der Waals surface area contributed by atoms with E-state index in [1.165, 1.54) is 0 Å². The van der Waals surface area contributed by atoms with E-state index in [2.05, 4.69) is 6.92 Å². The largest absolute Gasteiger partial charge is 0.504 e. The Morgan fingerprint density at radius 2 is 2.35 bits per heavy atom. The van der Waals surface area contributed by atoms with E-state index < -0.39 is 0 Å². The third-order valence-electron chi connectivity index (χ3n) is 2.47. The van der Waals surface area contributed by atoms with Crippen molar-refractivity contribution in [3.63, 3.8) is 0 Å². The predicted molar refractivity (Wildman–Crippen MR) is 66.5 cm³/mol. The van der Waals surface area contributed by atoms with E-state index in [4.69, 9.17) is 9.15 Å². The summed E-state index contributed by atoms with van der Waals surface area (Å²) in [5.74, 6) is -0.337. The highest BCUT2D eigenvalue weighted by Gasteiger charge is 2.07. The lowest BCUT2D eigenvalue weighted by atomic mass is 10.2. The second-order valence-electron chi connectivity index (χ2n) is 3.64. The lowest BCUT2D eigenvalue weighted by Crippen LogP contribution is -2.13. The molecule has 0 amide bonds. The van der Waals surface area contributed by atoms with E-state index >= 15 is 0 Å². The van der Waals surface area contributed by atoms with Gasteiger partial charge in [0.05, 0.1) is 18.9 Å². The Morgan fingerprint density at radius 3 is 3.06 bits per heavy atom. The van der Waals surface area contributed by atoms with Gasteiger partial charge >= 0.3 is 5.76 Å². The molecule has 89 valence electrons. The number of hydrogen-bond donors (Lipinski definition) is 0. The molecule has 2 aromatic rings. The normalized spacial score (nSPS) is 11.4. The highest BCUT2D eigenvalue weighted by Crippen LogP contribution is 2.16. The third kappa shape index (κ3) is 2.25. The van der Waals surface area contributed by atoms with Crippen LogP contribution in [0.5, 0.6) is 0 Å². The Hall–Kier alpha value is -1.97. The molecular formula is C13H14NO3. The first kappa shape index (κ1) is 11.5. The predicted octanol–water partition coefficient (Wildman–Crippen LogP) is 2.44. The molecule has 4 nitrogen and oxygen atoms in total. The Bertz CT molecular complexity index is 592. The molecule has 0 aliphatic rings. The molecule has 0 fully saturated rings. The number of aromatic nitrogens is 1. The maximum Gasteiger partial charge on any atom is 0.419 e. The van der Waals surface area contributed by atoms with Crippen molar-refractivity contribution >= 4 is 17.2 Å². The molecule has 1 radical (unpaired) electrons. The van der Waals surface area contributed by atoms with Gasteiger partial charge in [0.25, 0.3) is 0 Å². The van der Waals surface area contributed by atoms with E-state index in [9.17, 15) is 4.79 Å². The number of hydrogen-bond acceptors (Lipinski definition) is 3. The number of aryl methyl sites for hydroxylation is 1. The van der Waals surface area contributed by atoms with Crippen LogP contribution in [-0.2, 0) is 11.3 Å². The molecule has 0 atom stereocenters. The Balaban J connectivity index is 2.50. The Morgan fingerprint density at radius 1 is 1.53 bits per heavy atom. The first-order chi connectivity index (χ1) is 8.26. The molecule has 0 aliphatic heterocycles. The van der Waals surface area contributed by atoms with Crippen LogP contribution in [-0.4, -0.2) is 11.7 Å². The lowest BCUT2D eigenvalue weighted by molar-refractivity contribution is 0.341. The maximum atomic E-state index is 11.6. The second kappa shape index (κ2) is 4.91. The van der Waals surface area contributed by atoms with E-state index in [0.717, 1.165) is 11.1 Å². The number of oxazole rings is 1. The minimum atomic E-state index is -0.337. The average molecular weight is 232 g/mol. The molecule has 0 spiro atoms. The van der Waals surface area contributed by atoms with Crippen molar-refractivity contribution in [2.75, 3.05) is 7.11 Å². The minimum Gasteiger partial charge on any atom is -0.504 e. The van der Waals surface area contributed by atoms with Crippen LogP contribution in [0.2, 0.25) is 0 Å². The molecule has 0 unspecified atom stereocenters. The van der Waals surface area contributed by atoms with Crippen LogP contribution in [0, 0.1) is 6.92 Å². The van der Waals surface area contributed by atoms with Crippen molar-refractivity contribution in [2.24, 2.45) is 0 Å². The number of methoxy groups -OCH3 is 1. The van der Waals surface area contributed by atoms with Crippen molar-refractivity contribution in [1.29, 1.82) is 0 Å². The SMILES string of the molecule is [CH2]CCn1c(=O)oc2cc(/C=C/OC)ccc21. The number of fused-ring (bicyclic) bond motifs is 1. The molecule has 4 heteroatoms. The van der Waals surface area contributed by atoms with Gasteiger partial charge in [-0.1, -0.05) is 13.0 Å². The average Bonchev–Trinajstić information content (AvgIpc) is 2.63. The molecule has 0 aliphatic carbocycles. The molecule has 17 heavy (non-hydrogen) atoms. The van der Waals surface area contributed by atoms with Gasteiger partial charge in [0.2, 0.25) is 0 Å². The number of nitrogens with zero attached hydrogens (tertiary/aromatic N) is 1. The van der Waals surface area contributed by atoms with Gasteiger partial charge in [-0.3, -0.25) is 4.57 Å². The summed E-state index contributed by atoms with van der Waals surface area (Å²) >= 11 is 0. The molecule has 0 saturated carbocycles. The summed E-state index contributed by atoms with van der Waals surface area (Å²) < 4.78 is 11.6. The van der Waals surface area contributed by atoms with Gasteiger partial charge in [-0.05, 0) is 30.2 Å². The summed E-state index contributed by atoms with van der Waals surface area (Å²) in [6, 6.07) is 5.59. The smallest absolute Gasteiger partial charge is 0.419 e. The summed E-state index contributed by atoms with van der Waals surface area (Å²) in [5, 5.41) is 0. The van der Waals surface area contributed by atoms with Crippen molar-refractivity contribution in [3.8, 4) is 0 Å². The van der Waals surface area contributed by atoms with Crippen molar-refractivity contribution in [1.82, 2.24) is 4.57 Å². The molecular weight excluding hydrogens is 218 g/mol. The van der Waals surface area contributed by atoms with Gasteiger partial charge in [0.15, 0.2) is 5.58 Å². The fourth-order valence-corrected chi connectivity index (χ4v) is 1.70. The highest BCUT2D eigenvalue weighted by atomic mass is 16.5. The van der Waals surface area contributed by atoms with Gasteiger partial charge in [0, 0.05) is 6.54 Å². The minimum absolute atomic E-state index is 0.337. The molecule has 0 saturated heterocycles. The highest BCUT2D eigenvalue weighted by molar-refractivity contribution is 5.76. The summed E-state index contributed by atoms with van der Waals surface area (Å²) in [6.07, 6.45) is 4.03. The number of ether oxygens (including phenoxy) is 1.